The summed E-state index contributed by atoms with van der Waals surface area (Å²) in [5.74, 6) is 0.332. The van der Waals surface area contributed by atoms with Crippen LogP contribution in [0, 0.1) is 17.6 Å². The first-order valence-electron chi connectivity index (χ1n) is 6.52. The first kappa shape index (κ1) is 12.9. The van der Waals surface area contributed by atoms with E-state index in [1.807, 2.05) is 4.57 Å². The van der Waals surface area contributed by atoms with Crippen molar-refractivity contribution in [3.63, 3.8) is 0 Å². The molecule has 1 aromatic carbocycles. The number of benzene rings is 1. The number of hydrogen-bond acceptors (Lipinski definition) is 1. The number of rotatable bonds is 4. The molecule has 2 nitrogen and oxygen atoms in total. The Morgan fingerprint density at radius 3 is 2.79 bits per heavy atom. The summed E-state index contributed by atoms with van der Waals surface area (Å²) in [5.41, 5.74) is 0.709. The molecule has 1 atom stereocenters. The molecule has 1 unspecified atom stereocenters. The molecule has 0 radical (unpaired) electrons. The van der Waals surface area contributed by atoms with Gasteiger partial charge in [0.25, 0.3) is 0 Å². The van der Waals surface area contributed by atoms with Crippen LogP contribution >= 0.6 is 11.6 Å². The molecule has 1 aromatic heterocycles. The largest absolute Gasteiger partial charge is 0.324 e. The van der Waals surface area contributed by atoms with Crippen LogP contribution in [0.25, 0.3) is 11.0 Å². The van der Waals surface area contributed by atoms with E-state index in [0.29, 0.717) is 11.3 Å². The summed E-state index contributed by atoms with van der Waals surface area (Å²) in [6.07, 6.45) is 3.50. The van der Waals surface area contributed by atoms with Gasteiger partial charge in [0.1, 0.15) is 17.2 Å². The third-order valence-corrected chi connectivity index (χ3v) is 3.96. The van der Waals surface area contributed by atoms with Crippen molar-refractivity contribution in [3.05, 3.63) is 29.6 Å². The van der Waals surface area contributed by atoms with Gasteiger partial charge in [-0.15, -0.1) is 11.6 Å². The fraction of sp³-hybridized carbons (Fsp3) is 0.500. The quantitative estimate of drug-likeness (QED) is 0.760. The van der Waals surface area contributed by atoms with Crippen molar-refractivity contribution in [2.45, 2.75) is 38.1 Å². The van der Waals surface area contributed by atoms with E-state index in [9.17, 15) is 8.78 Å². The minimum absolute atomic E-state index is 0.160. The lowest BCUT2D eigenvalue weighted by Crippen LogP contribution is -2.09. The Balaban J connectivity index is 2.13. The van der Waals surface area contributed by atoms with Crippen LogP contribution in [0.1, 0.15) is 38.1 Å². The maximum absolute atomic E-state index is 13.8. The van der Waals surface area contributed by atoms with Crippen LogP contribution in [0.15, 0.2) is 12.1 Å². The summed E-state index contributed by atoms with van der Waals surface area (Å²) in [4.78, 5) is 4.21. The van der Waals surface area contributed by atoms with Gasteiger partial charge in [-0.3, -0.25) is 0 Å². The number of alkyl halides is 1. The van der Waals surface area contributed by atoms with E-state index in [2.05, 4.69) is 11.9 Å². The first-order chi connectivity index (χ1) is 9.10. The lowest BCUT2D eigenvalue weighted by atomic mass is 10.1. The predicted octanol–water partition coefficient (Wildman–Crippen LogP) is 4.41. The van der Waals surface area contributed by atoms with E-state index in [1.54, 1.807) is 0 Å². The third kappa shape index (κ3) is 2.34. The number of halogens is 3. The van der Waals surface area contributed by atoms with E-state index in [-0.39, 0.29) is 17.4 Å². The SMILES string of the molecule is CC(CC1CC1)n1c(CCl)nc2c(F)cc(F)cc21. The molecule has 102 valence electrons. The predicted molar refractivity (Wildman–Crippen MR) is 71.3 cm³/mol. The summed E-state index contributed by atoms with van der Waals surface area (Å²) in [6.45, 7) is 2.05. The second-order valence-electron chi connectivity index (χ2n) is 5.32. The molecular weight excluding hydrogens is 270 g/mol. The van der Waals surface area contributed by atoms with Crippen molar-refractivity contribution in [1.29, 1.82) is 0 Å². The molecule has 5 heteroatoms. The molecule has 2 aromatic rings. The molecule has 19 heavy (non-hydrogen) atoms. The Morgan fingerprint density at radius 1 is 1.42 bits per heavy atom. The molecule has 0 bridgehead atoms. The van der Waals surface area contributed by atoms with Crippen LogP contribution in [0.3, 0.4) is 0 Å². The third-order valence-electron chi connectivity index (χ3n) is 3.72. The highest BCUT2D eigenvalue weighted by Gasteiger charge is 2.26. The minimum atomic E-state index is -0.626. The van der Waals surface area contributed by atoms with Crippen molar-refractivity contribution < 1.29 is 8.78 Å². The topological polar surface area (TPSA) is 17.8 Å². The molecule has 1 heterocycles. The number of imidazole rings is 1. The van der Waals surface area contributed by atoms with Gasteiger partial charge in [0.05, 0.1) is 11.4 Å². The number of hydrogen-bond donors (Lipinski definition) is 0. The first-order valence-corrected chi connectivity index (χ1v) is 7.05. The summed E-state index contributed by atoms with van der Waals surface area (Å²) in [6, 6.07) is 2.36. The van der Waals surface area contributed by atoms with Gasteiger partial charge in [0.15, 0.2) is 5.82 Å². The Morgan fingerprint density at radius 2 is 2.16 bits per heavy atom. The molecule has 1 aliphatic carbocycles. The van der Waals surface area contributed by atoms with Crippen LogP contribution in [0.2, 0.25) is 0 Å². The van der Waals surface area contributed by atoms with Gasteiger partial charge < -0.3 is 4.57 Å². The number of fused-ring (bicyclic) bond motifs is 1. The van der Waals surface area contributed by atoms with Gasteiger partial charge in [-0.05, 0) is 25.3 Å². The molecule has 1 saturated carbocycles. The minimum Gasteiger partial charge on any atom is -0.324 e. The van der Waals surface area contributed by atoms with Gasteiger partial charge in [0.2, 0.25) is 0 Å². The highest BCUT2D eigenvalue weighted by atomic mass is 35.5. The molecule has 1 aliphatic rings. The number of nitrogens with zero attached hydrogens (tertiary/aromatic N) is 2. The molecule has 1 fully saturated rings. The zero-order chi connectivity index (χ0) is 13.6. The van der Waals surface area contributed by atoms with Gasteiger partial charge in [-0.25, -0.2) is 13.8 Å². The van der Waals surface area contributed by atoms with Crippen LogP contribution in [-0.2, 0) is 5.88 Å². The average Bonchev–Trinajstić information content (AvgIpc) is 3.07. The molecule has 0 amide bonds. The maximum atomic E-state index is 13.8. The Hall–Kier alpha value is -1.16. The van der Waals surface area contributed by atoms with Gasteiger partial charge in [0, 0.05) is 12.1 Å². The van der Waals surface area contributed by atoms with E-state index >= 15 is 0 Å². The van der Waals surface area contributed by atoms with Gasteiger partial charge in [-0.2, -0.15) is 0 Å². The molecule has 0 saturated heterocycles. The van der Waals surface area contributed by atoms with Crippen molar-refractivity contribution >= 4 is 22.6 Å². The maximum Gasteiger partial charge on any atom is 0.153 e. The number of aromatic nitrogens is 2. The summed E-state index contributed by atoms with van der Waals surface area (Å²) < 4.78 is 29.1. The van der Waals surface area contributed by atoms with E-state index in [4.69, 9.17) is 11.6 Å². The Bertz CT molecular complexity index is 619. The lowest BCUT2D eigenvalue weighted by molar-refractivity contribution is 0.476. The van der Waals surface area contributed by atoms with Crippen LogP contribution in [0.5, 0.6) is 0 Å². The summed E-state index contributed by atoms with van der Waals surface area (Å²) >= 11 is 5.89. The van der Waals surface area contributed by atoms with Crippen molar-refractivity contribution in [2.24, 2.45) is 5.92 Å². The zero-order valence-electron chi connectivity index (χ0n) is 10.7. The molecule has 0 spiro atoms. The van der Waals surface area contributed by atoms with Crippen LogP contribution in [-0.4, -0.2) is 9.55 Å². The monoisotopic (exact) mass is 284 g/mol. The molecular formula is C14H15ClF2N2. The molecule has 0 N–H and O–H groups in total. The van der Waals surface area contributed by atoms with Gasteiger partial charge in [-0.1, -0.05) is 12.8 Å². The fourth-order valence-electron chi connectivity index (χ4n) is 2.70. The summed E-state index contributed by atoms with van der Waals surface area (Å²) in [7, 11) is 0. The van der Waals surface area contributed by atoms with Crippen molar-refractivity contribution in [3.8, 4) is 0 Å². The fourth-order valence-corrected chi connectivity index (χ4v) is 2.88. The second-order valence-corrected chi connectivity index (χ2v) is 5.58. The van der Waals surface area contributed by atoms with Crippen molar-refractivity contribution in [2.75, 3.05) is 0 Å². The highest BCUT2D eigenvalue weighted by Crippen LogP contribution is 2.38. The lowest BCUT2D eigenvalue weighted by Gasteiger charge is -2.16. The highest BCUT2D eigenvalue weighted by molar-refractivity contribution is 6.16. The standard InChI is InChI=1S/C14H15ClF2N2/c1-8(4-9-2-3-9)19-12-6-10(16)5-11(17)14(12)18-13(19)7-15/h5-6,8-9H,2-4,7H2,1H3. The second kappa shape index (κ2) is 4.75. The van der Waals surface area contributed by atoms with Crippen LogP contribution < -0.4 is 0 Å². The summed E-state index contributed by atoms with van der Waals surface area (Å²) in [5, 5.41) is 0. The molecule has 0 aliphatic heterocycles. The normalized spacial score (nSPS) is 17.1. The smallest absolute Gasteiger partial charge is 0.153 e. The molecule has 3 rings (SSSR count). The van der Waals surface area contributed by atoms with Gasteiger partial charge >= 0.3 is 0 Å². The Kier molecular flexibility index (Phi) is 3.21. The van der Waals surface area contributed by atoms with Crippen LogP contribution in [0.4, 0.5) is 8.78 Å². The van der Waals surface area contributed by atoms with E-state index in [1.165, 1.54) is 18.9 Å². The van der Waals surface area contributed by atoms with Crippen molar-refractivity contribution in [1.82, 2.24) is 9.55 Å². The zero-order valence-corrected chi connectivity index (χ0v) is 11.4. The average molecular weight is 285 g/mol. The van der Waals surface area contributed by atoms with E-state index < -0.39 is 11.6 Å². The van der Waals surface area contributed by atoms with E-state index in [0.717, 1.165) is 18.4 Å². The Labute approximate surface area is 115 Å².